The predicted octanol–water partition coefficient (Wildman–Crippen LogP) is 3.92. The molecule has 0 spiro atoms. The van der Waals surface area contributed by atoms with Crippen LogP contribution in [0.25, 0.3) is 6.08 Å². The van der Waals surface area contributed by atoms with Gasteiger partial charge in [-0.25, -0.2) is 0 Å². The molecule has 1 fully saturated rings. The van der Waals surface area contributed by atoms with Crippen molar-refractivity contribution in [3.05, 3.63) is 42.0 Å². The minimum atomic E-state index is -0.0946. The molecule has 1 atom stereocenters. The van der Waals surface area contributed by atoms with Crippen molar-refractivity contribution in [1.29, 1.82) is 0 Å². The van der Waals surface area contributed by atoms with Gasteiger partial charge >= 0.3 is 5.97 Å². The van der Waals surface area contributed by atoms with Crippen LogP contribution in [0.3, 0.4) is 0 Å². The van der Waals surface area contributed by atoms with E-state index in [4.69, 9.17) is 4.74 Å². The maximum absolute atomic E-state index is 11.6. The van der Waals surface area contributed by atoms with E-state index in [1.165, 1.54) is 0 Å². The van der Waals surface area contributed by atoms with Crippen LogP contribution in [0.2, 0.25) is 0 Å². The van der Waals surface area contributed by atoms with Gasteiger partial charge in [-0.05, 0) is 17.5 Å². The van der Waals surface area contributed by atoms with E-state index in [1.807, 2.05) is 35.1 Å². The molecule has 0 N–H and O–H groups in total. The van der Waals surface area contributed by atoms with Gasteiger partial charge in [0.25, 0.3) is 0 Å². The molecule has 1 aliphatic heterocycles. The van der Waals surface area contributed by atoms with Gasteiger partial charge in [0.05, 0.1) is 6.42 Å². The van der Waals surface area contributed by atoms with Crippen LogP contribution in [0.1, 0.15) is 24.0 Å². The summed E-state index contributed by atoms with van der Waals surface area (Å²) in [5, 5.41) is 0.436. The lowest BCUT2D eigenvalue weighted by molar-refractivity contribution is -0.144. The SMILES string of the molecule is C=Cc1ccc(COC(=O)CC2CCSS2)cc1. The van der Waals surface area contributed by atoms with Crippen molar-refractivity contribution in [2.24, 2.45) is 0 Å². The molecule has 2 rings (SSSR count). The highest BCUT2D eigenvalue weighted by atomic mass is 33.1. The Morgan fingerprint density at radius 2 is 2.22 bits per heavy atom. The van der Waals surface area contributed by atoms with E-state index in [0.29, 0.717) is 18.3 Å². The van der Waals surface area contributed by atoms with Crippen LogP contribution in [0, 0.1) is 0 Å². The topological polar surface area (TPSA) is 26.3 Å². The van der Waals surface area contributed by atoms with E-state index in [1.54, 1.807) is 16.9 Å². The number of ether oxygens (including phenoxy) is 1. The molecule has 0 aliphatic carbocycles. The standard InChI is InChI=1S/C14H16O2S2/c1-2-11-3-5-12(6-4-11)10-16-14(15)9-13-7-8-17-18-13/h2-6,13H,1,7-10H2. The third-order valence-corrected chi connectivity index (χ3v) is 5.67. The fraction of sp³-hybridized carbons (Fsp3) is 0.357. The van der Waals surface area contributed by atoms with E-state index in [-0.39, 0.29) is 5.97 Å². The van der Waals surface area contributed by atoms with E-state index in [0.717, 1.165) is 23.3 Å². The van der Waals surface area contributed by atoms with Crippen LogP contribution in [-0.4, -0.2) is 17.0 Å². The quantitative estimate of drug-likeness (QED) is 0.603. The van der Waals surface area contributed by atoms with E-state index in [9.17, 15) is 4.79 Å². The van der Waals surface area contributed by atoms with Gasteiger partial charge in [0.2, 0.25) is 0 Å². The summed E-state index contributed by atoms with van der Waals surface area (Å²) in [7, 11) is 3.64. The predicted molar refractivity (Wildman–Crippen MR) is 79.4 cm³/mol. The fourth-order valence-corrected chi connectivity index (χ4v) is 4.55. The van der Waals surface area contributed by atoms with Crippen LogP contribution in [0.15, 0.2) is 30.8 Å². The molecule has 0 radical (unpaired) electrons. The summed E-state index contributed by atoms with van der Waals surface area (Å²) in [6.07, 6.45) is 3.44. The molecule has 0 bridgehead atoms. The smallest absolute Gasteiger partial charge is 0.307 e. The highest BCUT2D eigenvalue weighted by molar-refractivity contribution is 8.77. The number of carbonyl (C=O) groups is 1. The Balaban J connectivity index is 1.75. The third kappa shape index (κ3) is 4.10. The zero-order chi connectivity index (χ0) is 12.8. The maximum Gasteiger partial charge on any atom is 0.307 e. The normalized spacial score (nSPS) is 18.6. The van der Waals surface area contributed by atoms with Crippen molar-refractivity contribution >= 4 is 33.6 Å². The van der Waals surface area contributed by atoms with Gasteiger partial charge in [0.1, 0.15) is 6.61 Å². The van der Waals surface area contributed by atoms with Crippen molar-refractivity contribution in [2.75, 3.05) is 5.75 Å². The van der Waals surface area contributed by atoms with Gasteiger partial charge in [-0.1, -0.05) is 58.5 Å². The number of benzene rings is 1. The van der Waals surface area contributed by atoms with Gasteiger partial charge in [-0.2, -0.15) is 0 Å². The molecule has 1 heterocycles. The average molecular weight is 280 g/mol. The van der Waals surface area contributed by atoms with Gasteiger partial charge in [0, 0.05) is 11.0 Å². The van der Waals surface area contributed by atoms with Crippen LogP contribution >= 0.6 is 21.6 Å². The van der Waals surface area contributed by atoms with Gasteiger partial charge < -0.3 is 4.74 Å². The van der Waals surface area contributed by atoms with Gasteiger partial charge in [0.15, 0.2) is 0 Å². The molecular weight excluding hydrogens is 264 g/mol. The van der Waals surface area contributed by atoms with Gasteiger partial charge in [-0.3, -0.25) is 4.79 Å². The molecule has 0 amide bonds. The summed E-state index contributed by atoms with van der Waals surface area (Å²) in [6, 6.07) is 7.87. The lowest BCUT2D eigenvalue weighted by atomic mass is 10.1. The third-order valence-electron chi connectivity index (χ3n) is 2.74. The summed E-state index contributed by atoms with van der Waals surface area (Å²) in [6.45, 7) is 4.06. The number of esters is 1. The molecule has 0 aromatic heterocycles. The summed E-state index contributed by atoms with van der Waals surface area (Å²) < 4.78 is 5.28. The number of hydrogen-bond donors (Lipinski definition) is 0. The number of carbonyl (C=O) groups excluding carboxylic acids is 1. The first-order valence-corrected chi connectivity index (χ1v) is 8.31. The Labute approximate surface area is 116 Å². The molecule has 1 aromatic rings. The molecule has 1 unspecified atom stereocenters. The van der Waals surface area contributed by atoms with Crippen molar-refractivity contribution in [3.63, 3.8) is 0 Å². The maximum atomic E-state index is 11.6. The zero-order valence-electron chi connectivity index (χ0n) is 10.1. The first-order chi connectivity index (χ1) is 8.78. The van der Waals surface area contributed by atoms with Crippen LogP contribution in [-0.2, 0) is 16.1 Å². The zero-order valence-corrected chi connectivity index (χ0v) is 11.8. The molecular formula is C14H16O2S2. The monoisotopic (exact) mass is 280 g/mol. The molecule has 1 saturated heterocycles. The molecule has 1 aliphatic rings. The molecule has 96 valence electrons. The van der Waals surface area contributed by atoms with Crippen molar-refractivity contribution in [1.82, 2.24) is 0 Å². The lowest BCUT2D eigenvalue weighted by Crippen LogP contribution is -2.11. The fourth-order valence-electron chi connectivity index (χ4n) is 1.67. The Hall–Kier alpha value is -0.870. The van der Waals surface area contributed by atoms with Crippen LogP contribution < -0.4 is 0 Å². The molecule has 2 nitrogen and oxygen atoms in total. The molecule has 4 heteroatoms. The van der Waals surface area contributed by atoms with Crippen LogP contribution in [0.5, 0.6) is 0 Å². The highest BCUT2D eigenvalue weighted by Gasteiger charge is 2.20. The summed E-state index contributed by atoms with van der Waals surface area (Å²) in [4.78, 5) is 11.6. The molecule has 1 aromatic carbocycles. The van der Waals surface area contributed by atoms with E-state index >= 15 is 0 Å². The minimum Gasteiger partial charge on any atom is -0.461 e. The average Bonchev–Trinajstić information content (AvgIpc) is 2.90. The Kier molecular flexibility index (Phi) is 5.20. The second kappa shape index (κ2) is 6.90. The summed E-state index contributed by atoms with van der Waals surface area (Å²) in [5.74, 6) is 1.05. The van der Waals surface area contributed by atoms with Gasteiger partial charge in [-0.15, -0.1) is 0 Å². The Morgan fingerprint density at radius 3 is 2.83 bits per heavy atom. The Morgan fingerprint density at radius 1 is 1.44 bits per heavy atom. The van der Waals surface area contributed by atoms with Crippen LogP contribution in [0.4, 0.5) is 0 Å². The van der Waals surface area contributed by atoms with Crippen molar-refractivity contribution in [2.45, 2.75) is 24.7 Å². The second-order valence-electron chi connectivity index (χ2n) is 4.14. The summed E-state index contributed by atoms with van der Waals surface area (Å²) >= 11 is 0. The number of rotatable bonds is 5. The highest BCUT2D eigenvalue weighted by Crippen LogP contribution is 2.39. The largest absolute Gasteiger partial charge is 0.461 e. The van der Waals surface area contributed by atoms with Crippen molar-refractivity contribution in [3.8, 4) is 0 Å². The first kappa shape index (κ1) is 13.6. The van der Waals surface area contributed by atoms with E-state index < -0.39 is 0 Å². The Bertz CT molecular complexity index is 408. The first-order valence-electron chi connectivity index (χ1n) is 5.93. The summed E-state index contributed by atoms with van der Waals surface area (Å²) in [5.41, 5.74) is 2.09. The number of hydrogen-bond acceptors (Lipinski definition) is 4. The second-order valence-corrected chi connectivity index (χ2v) is 6.93. The molecule has 0 saturated carbocycles. The van der Waals surface area contributed by atoms with E-state index in [2.05, 4.69) is 6.58 Å². The lowest BCUT2D eigenvalue weighted by Gasteiger charge is -2.08. The minimum absolute atomic E-state index is 0.0946. The van der Waals surface area contributed by atoms with Crippen molar-refractivity contribution < 1.29 is 9.53 Å². The molecule has 18 heavy (non-hydrogen) atoms.